The van der Waals surface area contributed by atoms with Crippen LogP contribution in [0.3, 0.4) is 0 Å². The molecule has 1 aromatic carbocycles. The Morgan fingerprint density at radius 2 is 2.25 bits per heavy atom. The van der Waals surface area contributed by atoms with Crippen molar-refractivity contribution in [3.63, 3.8) is 0 Å². The smallest absolute Gasteiger partial charge is 0.275 e. The monoisotopic (exact) mass is 239 g/mol. The fourth-order valence-corrected chi connectivity index (χ4v) is 1.61. The topological polar surface area (TPSA) is 38.3 Å². The minimum Gasteiger partial charge on any atom is -0.494 e. The molecular weight excluding hydrogens is 222 g/mol. The minimum absolute atomic E-state index is 0.289. The van der Waals surface area contributed by atoms with E-state index in [1.54, 1.807) is 0 Å². The molecule has 0 saturated heterocycles. The predicted molar refractivity (Wildman–Crippen MR) is 68.4 cm³/mol. The normalized spacial score (nSPS) is 9.94. The van der Waals surface area contributed by atoms with Gasteiger partial charge in [-0.3, -0.25) is 4.79 Å². The highest BCUT2D eigenvalue weighted by molar-refractivity contribution is 7.96. The van der Waals surface area contributed by atoms with Gasteiger partial charge in [0.25, 0.3) is 5.24 Å². The quantitative estimate of drug-likeness (QED) is 0.775. The van der Waals surface area contributed by atoms with E-state index in [-0.39, 0.29) is 5.24 Å². The molecule has 0 bridgehead atoms. The third-order valence-corrected chi connectivity index (χ3v) is 2.39. The molecule has 1 aromatic rings. The number of aryl methyl sites for hydroxylation is 1. The van der Waals surface area contributed by atoms with Gasteiger partial charge in [0, 0.05) is 6.54 Å². The summed E-state index contributed by atoms with van der Waals surface area (Å²) in [5.74, 6) is 0.921. The van der Waals surface area contributed by atoms with Crippen molar-refractivity contribution in [1.29, 1.82) is 0 Å². The molecule has 0 aliphatic rings. The molecule has 4 heteroatoms. The van der Waals surface area contributed by atoms with Crippen molar-refractivity contribution >= 4 is 17.9 Å². The van der Waals surface area contributed by atoms with Crippen LogP contribution in [0.25, 0.3) is 0 Å². The Hall–Kier alpha value is -1.16. The summed E-state index contributed by atoms with van der Waals surface area (Å²) in [6.45, 7) is 5.27. The molecular formula is C12H17NO2S. The fraction of sp³-hybridized carbons (Fsp3) is 0.417. The second-order valence-electron chi connectivity index (χ2n) is 3.51. The molecule has 0 radical (unpaired) electrons. The molecule has 0 aromatic heterocycles. The highest BCUT2D eigenvalue weighted by Crippen LogP contribution is 2.19. The summed E-state index contributed by atoms with van der Waals surface area (Å²) in [6.07, 6.45) is 0.805. The number of nitrogens with one attached hydrogen (secondary N) is 1. The van der Waals surface area contributed by atoms with E-state index in [0.29, 0.717) is 13.2 Å². The van der Waals surface area contributed by atoms with E-state index < -0.39 is 0 Å². The summed E-state index contributed by atoms with van der Waals surface area (Å²) in [4.78, 5) is 10.6. The van der Waals surface area contributed by atoms with Crippen molar-refractivity contribution in [2.45, 2.75) is 20.3 Å². The van der Waals surface area contributed by atoms with Crippen LogP contribution in [0.2, 0.25) is 0 Å². The van der Waals surface area contributed by atoms with E-state index in [2.05, 4.69) is 24.0 Å². The van der Waals surface area contributed by atoms with Crippen LogP contribution in [0.5, 0.6) is 5.75 Å². The molecule has 0 saturated carbocycles. The number of hydrogen-bond donors (Lipinski definition) is 2. The van der Waals surface area contributed by atoms with Gasteiger partial charge in [0.2, 0.25) is 0 Å². The first-order valence-corrected chi connectivity index (χ1v) is 5.77. The van der Waals surface area contributed by atoms with Crippen LogP contribution in [0.1, 0.15) is 18.1 Å². The minimum atomic E-state index is -0.289. The molecule has 0 aliphatic heterocycles. The lowest BCUT2D eigenvalue weighted by Crippen LogP contribution is -2.19. The Kier molecular flexibility index (Phi) is 5.19. The van der Waals surface area contributed by atoms with Gasteiger partial charge in [0.15, 0.2) is 0 Å². The third kappa shape index (κ3) is 4.14. The van der Waals surface area contributed by atoms with Crippen molar-refractivity contribution < 1.29 is 9.53 Å². The number of thiol groups is 1. The highest BCUT2D eigenvalue weighted by Gasteiger charge is 2.01. The van der Waals surface area contributed by atoms with E-state index >= 15 is 0 Å². The lowest BCUT2D eigenvalue weighted by Gasteiger charge is -2.09. The molecule has 1 rings (SSSR count). The van der Waals surface area contributed by atoms with Gasteiger partial charge in [0.05, 0.1) is 6.61 Å². The summed E-state index contributed by atoms with van der Waals surface area (Å²) >= 11 is 3.64. The van der Waals surface area contributed by atoms with Crippen molar-refractivity contribution in [3.8, 4) is 5.75 Å². The van der Waals surface area contributed by atoms with Gasteiger partial charge in [-0.05, 0) is 37.5 Å². The van der Waals surface area contributed by atoms with Gasteiger partial charge < -0.3 is 10.1 Å². The Bertz CT molecular complexity index is 366. The van der Waals surface area contributed by atoms with Gasteiger partial charge in [-0.1, -0.05) is 24.8 Å². The number of hydrogen-bond acceptors (Lipinski definition) is 2. The van der Waals surface area contributed by atoms with E-state index in [0.717, 1.165) is 17.7 Å². The Morgan fingerprint density at radius 3 is 2.81 bits per heavy atom. The number of ether oxygens (including phenoxy) is 1. The van der Waals surface area contributed by atoms with Gasteiger partial charge in [-0.15, -0.1) is 0 Å². The number of amides is 1. The first-order chi connectivity index (χ1) is 7.63. The molecule has 1 amide bonds. The van der Waals surface area contributed by atoms with Crippen LogP contribution in [-0.2, 0) is 6.42 Å². The van der Waals surface area contributed by atoms with Gasteiger partial charge in [0.1, 0.15) is 5.75 Å². The molecule has 0 heterocycles. The lowest BCUT2D eigenvalue weighted by atomic mass is 10.1. The summed E-state index contributed by atoms with van der Waals surface area (Å²) in [6, 6.07) is 6.06. The first kappa shape index (κ1) is 12.9. The van der Waals surface area contributed by atoms with E-state index in [9.17, 15) is 4.79 Å². The van der Waals surface area contributed by atoms with E-state index in [1.165, 1.54) is 5.56 Å². The largest absolute Gasteiger partial charge is 0.494 e. The third-order valence-electron chi connectivity index (χ3n) is 2.23. The SMILES string of the molecule is CCOc1ccc(CCNC(=O)S)cc1C. The van der Waals surface area contributed by atoms with E-state index in [1.807, 2.05) is 26.0 Å². The molecule has 0 atom stereocenters. The molecule has 88 valence electrons. The average molecular weight is 239 g/mol. The Balaban J connectivity index is 2.55. The van der Waals surface area contributed by atoms with Gasteiger partial charge in [-0.2, -0.15) is 0 Å². The van der Waals surface area contributed by atoms with Crippen molar-refractivity contribution in [3.05, 3.63) is 29.3 Å². The highest BCUT2D eigenvalue weighted by atomic mass is 32.1. The molecule has 16 heavy (non-hydrogen) atoms. The van der Waals surface area contributed by atoms with E-state index in [4.69, 9.17) is 4.74 Å². The molecule has 3 nitrogen and oxygen atoms in total. The summed E-state index contributed by atoms with van der Waals surface area (Å²) < 4.78 is 5.45. The second kappa shape index (κ2) is 6.43. The van der Waals surface area contributed by atoms with Gasteiger partial charge in [-0.25, -0.2) is 0 Å². The van der Waals surface area contributed by atoms with Crippen LogP contribution < -0.4 is 10.1 Å². The lowest BCUT2D eigenvalue weighted by molar-refractivity contribution is 0.261. The van der Waals surface area contributed by atoms with Crippen LogP contribution in [0.15, 0.2) is 18.2 Å². The second-order valence-corrected chi connectivity index (χ2v) is 3.92. The standard InChI is InChI=1S/C12H17NO2S/c1-3-15-11-5-4-10(8-9(11)2)6-7-13-12(14)16/h4-5,8H,3,6-7H2,1-2H3,(H2,13,14,16). The predicted octanol–water partition coefficient (Wildman–Crippen LogP) is 2.58. The molecule has 0 unspecified atom stereocenters. The summed E-state index contributed by atoms with van der Waals surface area (Å²) in [5, 5.41) is 2.36. The number of carbonyl (C=O) groups excluding carboxylic acids is 1. The number of carbonyl (C=O) groups is 1. The van der Waals surface area contributed by atoms with Crippen LogP contribution in [0.4, 0.5) is 4.79 Å². The molecule has 0 fully saturated rings. The average Bonchev–Trinajstić information content (AvgIpc) is 2.21. The van der Waals surface area contributed by atoms with Crippen LogP contribution in [-0.4, -0.2) is 18.4 Å². The number of rotatable bonds is 5. The first-order valence-electron chi connectivity index (χ1n) is 5.32. The molecule has 0 aliphatic carbocycles. The van der Waals surface area contributed by atoms with Crippen LogP contribution in [0, 0.1) is 6.92 Å². The number of benzene rings is 1. The molecule has 0 spiro atoms. The molecule has 1 N–H and O–H groups in total. The maximum absolute atomic E-state index is 10.6. The van der Waals surface area contributed by atoms with Crippen molar-refractivity contribution in [2.24, 2.45) is 0 Å². The maximum Gasteiger partial charge on any atom is 0.275 e. The zero-order valence-corrected chi connectivity index (χ0v) is 10.5. The Labute approximate surface area is 102 Å². The Morgan fingerprint density at radius 1 is 1.50 bits per heavy atom. The van der Waals surface area contributed by atoms with Crippen molar-refractivity contribution in [2.75, 3.05) is 13.2 Å². The summed E-state index contributed by atoms with van der Waals surface area (Å²) in [5.41, 5.74) is 2.31. The summed E-state index contributed by atoms with van der Waals surface area (Å²) in [7, 11) is 0. The van der Waals surface area contributed by atoms with Crippen LogP contribution >= 0.6 is 12.6 Å². The zero-order valence-electron chi connectivity index (χ0n) is 9.62. The van der Waals surface area contributed by atoms with Gasteiger partial charge >= 0.3 is 0 Å². The van der Waals surface area contributed by atoms with Crippen molar-refractivity contribution in [1.82, 2.24) is 5.32 Å². The zero-order chi connectivity index (χ0) is 12.0. The maximum atomic E-state index is 10.6. The fourth-order valence-electron chi connectivity index (χ4n) is 1.50.